The van der Waals surface area contributed by atoms with Crippen molar-refractivity contribution in [2.45, 2.75) is 38.9 Å². The molecule has 1 aliphatic rings. The lowest BCUT2D eigenvalue weighted by molar-refractivity contribution is -0.0421. The normalized spacial score (nSPS) is 22.6. The number of hydrogen-bond acceptors (Lipinski definition) is 6. The number of ether oxygens (including phenoxy) is 1. The SMILES string of the molecule is CC1CN(c2cnc(C(C)C)nc2C(=O)O)CC(CO)O1. The predicted octanol–water partition coefficient (Wildman–Crippen LogP) is 0.884. The number of morpholine rings is 1. The maximum absolute atomic E-state index is 11.5. The molecule has 1 aromatic heterocycles. The molecule has 7 nitrogen and oxygen atoms in total. The lowest BCUT2D eigenvalue weighted by atomic mass is 10.1. The van der Waals surface area contributed by atoms with E-state index in [-0.39, 0.29) is 30.4 Å². The standard InChI is InChI=1S/C14H21N3O4/c1-8(2)13-15-4-11(12(16-13)14(19)20)17-5-9(3)21-10(6-17)7-18/h4,8-10,18H,5-7H2,1-3H3,(H,19,20). The molecule has 7 heteroatoms. The van der Waals surface area contributed by atoms with Crippen LogP contribution in [-0.4, -0.2) is 58.1 Å². The first-order chi connectivity index (χ1) is 9.92. The molecular weight excluding hydrogens is 274 g/mol. The van der Waals surface area contributed by atoms with Crippen LogP contribution in [0.3, 0.4) is 0 Å². The van der Waals surface area contributed by atoms with Crippen LogP contribution < -0.4 is 4.90 Å². The minimum atomic E-state index is -1.08. The first kappa shape index (κ1) is 15.7. The molecule has 0 aliphatic carbocycles. The number of anilines is 1. The zero-order chi connectivity index (χ0) is 15.6. The summed E-state index contributed by atoms with van der Waals surface area (Å²) in [6.07, 6.45) is 1.13. The van der Waals surface area contributed by atoms with Crippen molar-refractivity contribution in [3.05, 3.63) is 17.7 Å². The third kappa shape index (κ3) is 3.48. The van der Waals surface area contributed by atoms with E-state index in [4.69, 9.17) is 4.74 Å². The summed E-state index contributed by atoms with van der Waals surface area (Å²) >= 11 is 0. The molecular formula is C14H21N3O4. The van der Waals surface area contributed by atoms with Gasteiger partial charge in [-0.25, -0.2) is 14.8 Å². The molecule has 0 amide bonds. The van der Waals surface area contributed by atoms with E-state index >= 15 is 0 Å². The van der Waals surface area contributed by atoms with Gasteiger partial charge >= 0.3 is 5.97 Å². The maximum atomic E-state index is 11.5. The smallest absolute Gasteiger partial charge is 0.356 e. The summed E-state index contributed by atoms with van der Waals surface area (Å²) in [5.74, 6) is -0.504. The molecule has 0 radical (unpaired) electrons. The minimum absolute atomic E-state index is 0.000472. The first-order valence-electron chi connectivity index (χ1n) is 7.03. The zero-order valence-electron chi connectivity index (χ0n) is 12.5. The second-order valence-electron chi connectivity index (χ2n) is 5.58. The number of aromatic nitrogens is 2. The first-order valence-corrected chi connectivity index (χ1v) is 7.03. The van der Waals surface area contributed by atoms with Crippen LogP contribution in [0.2, 0.25) is 0 Å². The van der Waals surface area contributed by atoms with Gasteiger partial charge in [-0.3, -0.25) is 0 Å². The summed E-state index contributed by atoms with van der Waals surface area (Å²) in [6.45, 7) is 6.58. The molecule has 1 aromatic rings. The second-order valence-corrected chi connectivity index (χ2v) is 5.58. The maximum Gasteiger partial charge on any atom is 0.356 e. The second kappa shape index (κ2) is 6.36. The van der Waals surface area contributed by atoms with E-state index in [9.17, 15) is 15.0 Å². The number of aromatic carboxylic acids is 1. The van der Waals surface area contributed by atoms with Crippen LogP contribution in [0.4, 0.5) is 5.69 Å². The van der Waals surface area contributed by atoms with Gasteiger partial charge in [0.25, 0.3) is 0 Å². The molecule has 2 unspecified atom stereocenters. The van der Waals surface area contributed by atoms with Crippen molar-refractivity contribution < 1.29 is 19.7 Å². The summed E-state index contributed by atoms with van der Waals surface area (Å²) in [5.41, 5.74) is 0.472. The van der Waals surface area contributed by atoms with E-state index in [0.29, 0.717) is 24.6 Å². The molecule has 0 aromatic carbocycles. The number of carboxylic acids is 1. The van der Waals surface area contributed by atoms with Crippen molar-refractivity contribution in [3.8, 4) is 0 Å². The summed E-state index contributed by atoms with van der Waals surface area (Å²) in [4.78, 5) is 21.8. The molecule has 0 saturated carbocycles. The number of carboxylic acid groups (broad SMARTS) is 1. The number of nitrogens with zero attached hydrogens (tertiary/aromatic N) is 3. The topological polar surface area (TPSA) is 95.8 Å². The van der Waals surface area contributed by atoms with Crippen molar-refractivity contribution in [1.82, 2.24) is 9.97 Å². The van der Waals surface area contributed by atoms with E-state index in [1.165, 1.54) is 0 Å². The van der Waals surface area contributed by atoms with Crippen molar-refractivity contribution in [2.75, 3.05) is 24.6 Å². The van der Waals surface area contributed by atoms with Crippen LogP contribution in [-0.2, 0) is 4.74 Å². The number of carbonyl (C=O) groups is 1. The van der Waals surface area contributed by atoms with Gasteiger partial charge in [-0.2, -0.15) is 0 Å². The number of rotatable bonds is 4. The highest BCUT2D eigenvalue weighted by Crippen LogP contribution is 2.24. The number of aliphatic hydroxyl groups is 1. The van der Waals surface area contributed by atoms with E-state index < -0.39 is 5.97 Å². The van der Waals surface area contributed by atoms with E-state index in [0.717, 1.165) is 0 Å². The van der Waals surface area contributed by atoms with Gasteiger partial charge < -0.3 is 19.8 Å². The minimum Gasteiger partial charge on any atom is -0.476 e. The molecule has 1 saturated heterocycles. The molecule has 1 aliphatic heterocycles. The quantitative estimate of drug-likeness (QED) is 0.851. The molecule has 116 valence electrons. The summed E-state index contributed by atoms with van der Waals surface area (Å²) in [7, 11) is 0. The van der Waals surface area contributed by atoms with Crippen LogP contribution in [0.15, 0.2) is 6.20 Å². The Balaban J connectivity index is 2.36. The molecule has 2 heterocycles. The number of hydrogen-bond donors (Lipinski definition) is 2. The van der Waals surface area contributed by atoms with E-state index in [2.05, 4.69) is 9.97 Å². The van der Waals surface area contributed by atoms with E-state index in [1.807, 2.05) is 25.7 Å². The Morgan fingerprint density at radius 2 is 2.24 bits per heavy atom. The Morgan fingerprint density at radius 3 is 2.81 bits per heavy atom. The highest BCUT2D eigenvalue weighted by Gasteiger charge is 2.28. The highest BCUT2D eigenvalue weighted by atomic mass is 16.5. The third-order valence-electron chi connectivity index (χ3n) is 3.38. The zero-order valence-corrected chi connectivity index (χ0v) is 12.5. The summed E-state index contributed by atoms with van der Waals surface area (Å²) in [5, 5.41) is 18.7. The van der Waals surface area contributed by atoms with Crippen LogP contribution in [0.5, 0.6) is 0 Å². The van der Waals surface area contributed by atoms with Crippen LogP contribution in [0.1, 0.15) is 43.0 Å². The molecule has 0 bridgehead atoms. The van der Waals surface area contributed by atoms with E-state index in [1.54, 1.807) is 6.20 Å². The lowest BCUT2D eigenvalue weighted by Gasteiger charge is -2.37. The molecule has 2 N–H and O–H groups in total. The Hall–Kier alpha value is -1.73. The molecule has 1 fully saturated rings. The van der Waals surface area contributed by atoms with Crippen LogP contribution in [0.25, 0.3) is 0 Å². The predicted molar refractivity (Wildman–Crippen MR) is 76.7 cm³/mol. The largest absolute Gasteiger partial charge is 0.476 e. The average Bonchev–Trinajstić information content (AvgIpc) is 2.45. The Kier molecular flexibility index (Phi) is 4.74. The van der Waals surface area contributed by atoms with Gasteiger partial charge in [-0.05, 0) is 6.92 Å². The summed E-state index contributed by atoms with van der Waals surface area (Å²) in [6, 6.07) is 0. The fourth-order valence-electron chi connectivity index (χ4n) is 2.40. The molecule has 2 rings (SSSR count). The van der Waals surface area contributed by atoms with Crippen LogP contribution in [0, 0.1) is 0 Å². The molecule has 0 spiro atoms. The number of aliphatic hydroxyl groups excluding tert-OH is 1. The third-order valence-corrected chi connectivity index (χ3v) is 3.38. The van der Waals surface area contributed by atoms with Crippen LogP contribution >= 0.6 is 0 Å². The monoisotopic (exact) mass is 295 g/mol. The van der Waals surface area contributed by atoms with Gasteiger partial charge in [0.2, 0.25) is 0 Å². The average molecular weight is 295 g/mol. The van der Waals surface area contributed by atoms with Gasteiger partial charge in [0, 0.05) is 19.0 Å². The Bertz CT molecular complexity index is 521. The van der Waals surface area contributed by atoms with Crippen molar-refractivity contribution in [3.63, 3.8) is 0 Å². The summed E-state index contributed by atoms with van der Waals surface area (Å²) < 4.78 is 5.57. The van der Waals surface area contributed by atoms with Gasteiger partial charge in [0.15, 0.2) is 5.69 Å². The van der Waals surface area contributed by atoms with Gasteiger partial charge in [0.1, 0.15) is 5.82 Å². The molecule has 21 heavy (non-hydrogen) atoms. The van der Waals surface area contributed by atoms with Gasteiger partial charge in [0.05, 0.1) is 30.7 Å². The lowest BCUT2D eigenvalue weighted by Crippen LogP contribution is -2.48. The fourth-order valence-corrected chi connectivity index (χ4v) is 2.40. The van der Waals surface area contributed by atoms with Gasteiger partial charge in [-0.15, -0.1) is 0 Å². The van der Waals surface area contributed by atoms with Crippen molar-refractivity contribution in [1.29, 1.82) is 0 Å². The van der Waals surface area contributed by atoms with Crippen molar-refractivity contribution in [2.24, 2.45) is 0 Å². The fraction of sp³-hybridized carbons (Fsp3) is 0.643. The highest BCUT2D eigenvalue weighted by molar-refractivity contribution is 5.92. The molecule has 2 atom stereocenters. The Morgan fingerprint density at radius 1 is 1.52 bits per heavy atom. The van der Waals surface area contributed by atoms with Crippen molar-refractivity contribution >= 4 is 11.7 Å². The van der Waals surface area contributed by atoms with Gasteiger partial charge in [-0.1, -0.05) is 13.8 Å². The Labute approximate surface area is 123 Å².